The van der Waals surface area contributed by atoms with Crippen molar-refractivity contribution >= 4 is 5.97 Å². The van der Waals surface area contributed by atoms with Crippen molar-refractivity contribution in [2.45, 2.75) is 90.4 Å². The average molecular weight is 363 g/mol. The Morgan fingerprint density at radius 2 is 1.96 bits per heavy atom. The monoisotopic (exact) mass is 362 g/mol. The molecule has 0 spiro atoms. The summed E-state index contributed by atoms with van der Waals surface area (Å²) in [6, 6.07) is 0. The fourth-order valence-corrected chi connectivity index (χ4v) is 5.86. The summed E-state index contributed by atoms with van der Waals surface area (Å²) in [7, 11) is 0. The van der Waals surface area contributed by atoms with Crippen molar-refractivity contribution in [1.29, 1.82) is 0 Å². The predicted octanol–water partition coefficient (Wildman–Crippen LogP) is 3.91. The first-order valence-electron chi connectivity index (χ1n) is 9.90. The Balaban J connectivity index is 2.11. The summed E-state index contributed by atoms with van der Waals surface area (Å²) in [5, 5.41) is 23.3. The van der Waals surface area contributed by atoms with Gasteiger partial charge in [-0.25, -0.2) is 0 Å². The number of hydrogen-bond acceptors (Lipinski definition) is 4. The van der Waals surface area contributed by atoms with Crippen LogP contribution in [0.5, 0.6) is 0 Å². The fraction of sp³-hybridized carbons (Fsp3) is 0.773. The second-order valence-electron chi connectivity index (χ2n) is 9.66. The van der Waals surface area contributed by atoms with E-state index in [1.807, 2.05) is 6.92 Å². The third-order valence-electron chi connectivity index (χ3n) is 7.76. The van der Waals surface area contributed by atoms with Crippen LogP contribution in [0.3, 0.4) is 0 Å². The summed E-state index contributed by atoms with van der Waals surface area (Å²) in [4.78, 5) is 11.7. The molecule has 3 rings (SSSR count). The second-order valence-corrected chi connectivity index (χ2v) is 9.66. The van der Waals surface area contributed by atoms with Crippen molar-refractivity contribution in [3.63, 3.8) is 0 Å². The van der Waals surface area contributed by atoms with Crippen LogP contribution in [0.4, 0.5) is 0 Å². The van der Waals surface area contributed by atoms with E-state index in [1.54, 1.807) is 0 Å². The van der Waals surface area contributed by atoms with Gasteiger partial charge in [-0.05, 0) is 61.0 Å². The Labute approximate surface area is 157 Å². The molecule has 146 valence electrons. The average Bonchev–Trinajstić information content (AvgIpc) is 2.73. The second kappa shape index (κ2) is 5.93. The molecule has 0 radical (unpaired) electrons. The molecule has 5 atom stereocenters. The minimum Gasteiger partial charge on any atom is -0.462 e. The van der Waals surface area contributed by atoms with Crippen molar-refractivity contribution < 1.29 is 19.7 Å². The standard InChI is InChI=1S/C22H34O4/c1-14(2)21(24)12-11-19(5)13-22(25)15(3)7-8-18(26-16(4)23)20(22,6)10-9-17(19)21/h9,14,18,24-25H,3,7-8,10-13H2,1-2,4-6H3/t18-,19-,20-,21-,22+/m1/s1. The van der Waals surface area contributed by atoms with Crippen LogP contribution < -0.4 is 0 Å². The van der Waals surface area contributed by atoms with Crippen LogP contribution in [0, 0.1) is 16.7 Å². The zero-order chi connectivity index (χ0) is 19.5. The number of hydrogen-bond donors (Lipinski definition) is 2. The number of fused-ring (bicyclic) bond motifs is 2. The van der Waals surface area contributed by atoms with Gasteiger partial charge in [-0.2, -0.15) is 0 Å². The van der Waals surface area contributed by atoms with Gasteiger partial charge in [0.15, 0.2) is 0 Å². The van der Waals surface area contributed by atoms with E-state index in [2.05, 4.69) is 33.4 Å². The number of rotatable bonds is 2. The Hall–Kier alpha value is -1.13. The third kappa shape index (κ3) is 2.52. The minimum absolute atomic E-state index is 0.116. The Bertz CT molecular complexity index is 665. The summed E-state index contributed by atoms with van der Waals surface area (Å²) in [6.45, 7) is 13.9. The molecule has 0 aliphatic heterocycles. The summed E-state index contributed by atoms with van der Waals surface area (Å²) in [5.74, 6) is -0.196. The van der Waals surface area contributed by atoms with E-state index in [0.29, 0.717) is 25.7 Å². The van der Waals surface area contributed by atoms with E-state index in [-0.39, 0.29) is 23.4 Å². The summed E-state index contributed by atoms with van der Waals surface area (Å²) >= 11 is 0. The van der Waals surface area contributed by atoms with Crippen LogP contribution in [0.25, 0.3) is 0 Å². The molecule has 3 aliphatic rings. The largest absolute Gasteiger partial charge is 0.462 e. The lowest BCUT2D eigenvalue weighted by molar-refractivity contribution is -0.179. The van der Waals surface area contributed by atoms with Crippen LogP contribution in [-0.2, 0) is 9.53 Å². The smallest absolute Gasteiger partial charge is 0.302 e. The molecule has 0 amide bonds. The molecule has 3 aliphatic carbocycles. The van der Waals surface area contributed by atoms with Crippen LogP contribution >= 0.6 is 0 Å². The van der Waals surface area contributed by atoms with Gasteiger partial charge in [0.25, 0.3) is 0 Å². The highest BCUT2D eigenvalue weighted by atomic mass is 16.5. The Morgan fingerprint density at radius 3 is 2.54 bits per heavy atom. The zero-order valence-corrected chi connectivity index (χ0v) is 16.9. The predicted molar refractivity (Wildman–Crippen MR) is 101 cm³/mol. The van der Waals surface area contributed by atoms with E-state index in [9.17, 15) is 15.0 Å². The van der Waals surface area contributed by atoms with E-state index in [0.717, 1.165) is 24.0 Å². The number of esters is 1. The van der Waals surface area contributed by atoms with Crippen molar-refractivity contribution in [2.24, 2.45) is 16.7 Å². The van der Waals surface area contributed by atoms with Gasteiger partial charge in [-0.1, -0.05) is 40.3 Å². The van der Waals surface area contributed by atoms with E-state index < -0.39 is 16.6 Å². The van der Waals surface area contributed by atoms with Gasteiger partial charge in [0.05, 0.1) is 11.2 Å². The maximum absolute atomic E-state index is 11.9. The van der Waals surface area contributed by atoms with Gasteiger partial charge in [-0.3, -0.25) is 4.79 Å². The third-order valence-corrected chi connectivity index (χ3v) is 7.76. The fourth-order valence-electron chi connectivity index (χ4n) is 5.86. The number of carbonyl (C=O) groups is 1. The van der Waals surface area contributed by atoms with Crippen LogP contribution in [0.2, 0.25) is 0 Å². The molecule has 2 saturated carbocycles. The van der Waals surface area contributed by atoms with Gasteiger partial charge < -0.3 is 14.9 Å². The maximum atomic E-state index is 11.9. The van der Waals surface area contributed by atoms with Crippen LogP contribution in [-0.4, -0.2) is 33.5 Å². The molecule has 2 N–H and O–H groups in total. The SMILES string of the molecule is C=C1CC[C@@H](OC(C)=O)[C@@]2(C)CC=C3[C@](C)(CC[C@@]3(O)C(C)C)C[C@]12O. The number of allylic oxidation sites excluding steroid dienone is 1. The molecule has 0 bridgehead atoms. The van der Waals surface area contributed by atoms with Crippen molar-refractivity contribution in [3.05, 3.63) is 23.8 Å². The van der Waals surface area contributed by atoms with Crippen LogP contribution in [0.15, 0.2) is 23.8 Å². The van der Waals surface area contributed by atoms with E-state index in [1.165, 1.54) is 6.92 Å². The first kappa shape index (κ1) is 19.6. The highest BCUT2D eigenvalue weighted by molar-refractivity contribution is 5.66. The number of carbonyl (C=O) groups excluding carboxylic acids is 1. The lowest BCUT2D eigenvalue weighted by Gasteiger charge is -2.54. The van der Waals surface area contributed by atoms with Crippen molar-refractivity contribution in [3.8, 4) is 0 Å². The molecule has 0 aromatic carbocycles. The Morgan fingerprint density at radius 1 is 1.31 bits per heavy atom. The first-order chi connectivity index (χ1) is 11.9. The number of aliphatic hydroxyl groups is 2. The highest BCUT2D eigenvalue weighted by Gasteiger charge is 2.63. The minimum atomic E-state index is -1.11. The first-order valence-corrected chi connectivity index (χ1v) is 9.90. The molecule has 4 nitrogen and oxygen atoms in total. The Kier molecular flexibility index (Phi) is 4.48. The lowest BCUT2D eigenvalue weighted by atomic mass is 9.56. The highest BCUT2D eigenvalue weighted by Crippen LogP contribution is 2.63. The topological polar surface area (TPSA) is 66.8 Å². The molecule has 0 unspecified atom stereocenters. The van der Waals surface area contributed by atoms with Gasteiger partial charge in [0.2, 0.25) is 0 Å². The molecule has 2 fully saturated rings. The molecular formula is C22H34O4. The number of ether oxygens (including phenoxy) is 1. The van der Waals surface area contributed by atoms with Gasteiger partial charge in [0.1, 0.15) is 6.10 Å². The molecular weight excluding hydrogens is 328 g/mol. The van der Waals surface area contributed by atoms with Gasteiger partial charge in [0, 0.05) is 12.3 Å². The molecule has 0 aromatic rings. The molecule has 0 aromatic heterocycles. The summed E-state index contributed by atoms with van der Waals surface area (Å²) < 4.78 is 5.66. The van der Waals surface area contributed by atoms with Gasteiger partial charge in [-0.15, -0.1) is 0 Å². The molecule has 4 heteroatoms. The van der Waals surface area contributed by atoms with Crippen molar-refractivity contribution in [1.82, 2.24) is 0 Å². The van der Waals surface area contributed by atoms with Gasteiger partial charge >= 0.3 is 5.97 Å². The molecule has 26 heavy (non-hydrogen) atoms. The quantitative estimate of drug-likeness (QED) is 0.577. The van der Waals surface area contributed by atoms with E-state index in [4.69, 9.17) is 4.74 Å². The normalized spacial score (nSPS) is 45.6. The molecule has 0 heterocycles. The zero-order valence-electron chi connectivity index (χ0n) is 16.9. The molecule has 0 saturated heterocycles. The summed E-state index contributed by atoms with van der Waals surface area (Å²) in [5.41, 5.74) is -0.954. The van der Waals surface area contributed by atoms with E-state index >= 15 is 0 Å². The van der Waals surface area contributed by atoms with Crippen molar-refractivity contribution in [2.75, 3.05) is 0 Å². The summed E-state index contributed by atoms with van der Waals surface area (Å²) in [6.07, 6.45) is 5.79. The lowest BCUT2D eigenvalue weighted by Crippen LogP contribution is -2.59. The maximum Gasteiger partial charge on any atom is 0.302 e. The van der Waals surface area contributed by atoms with Crippen LogP contribution in [0.1, 0.15) is 73.1 Å².